The molecule has 1 aromatic heterocycles. The first kappa shape index (κ1) is 20.5. The summed E-state index contributed by atoms with van der Waals surface area (Å²) in [4.78, 5) is 25.0. The molecular weight excluding hydrogens is 392 g/mol. The van der Waals surface area contributed by atoms with Crippen LogP contribution in [0.3, 0.4) is 0 Å². The number of amides is 1. The monoisotopic (exact) mass is 412 g/mol. The largest absolute Gasteiger partial charge is 0.507 e. The van der Waals surface area contributed by atoms with Crippen LogP contribution in [0.1, 0.15) is 34.2 Å². The summed E-state index contributed by atoms with van der Waals surface area (Å²) < 4.78 is 1.92. The van der Waals surface area contributed by atoms with Gasteiger partial charge >= 0.3 is 5.97 Å². The number of phenols is 1. The first-order valence-electron chi connectivity index (χ1n) is 8.97. The Morgan fingerprint density at radius 3 is 2.28 bits per heavy atom. The maximum absolute atomic E-state index is 12.3. The lowest BCUT2D eigenvalue weighted by atomic mass is 10.1. The van der Waals surface area contributed by atoms with Crippen molar-refractivity contribution in [3.63, 3.8) is 0 Å². The van der Waals surface area contributed by atoms with Crippen molar-refractivity contribution in [1.29, 1.82) is 0 Å². The highest BCUT2D eigenvalue weighted by Gasteiger charge is 2.18. The Morgan fingerprint density at radius 2 is 1.72 bits per heavy atom. The maximum Gasteiger partial charge on any atom is 0.339 e. The second-order valence-electron chi connectivity index (χ2n) is 6.82. The van der Waals surface area contributed by atoms with E-state index in [-0.39, 0.29) is 17.2 Å². The first-order chi connectivity index (χ1) is 13.7. The van der Waals surface area contributed by atoms with Gasteiger partial charge < -0.3 is 19.7 Å². The number of benzene rings is 2. The molecule has 29 heavy (non-hydrogen) atoms. The van der Waals surface area contributed by atoms with Gasteiger partial charge in [-0.2, -0.15) is 0 Å². The number of halogens is 1. The van der Waals surface area contributed by atoms with Gasteiger partial charge in [0.2, 0.25) is 5.91 Å². The van der Waals surface area contributed by atoms with E-state index in [0.717, 1.165) is 22.6 Å². The molecule has 0 spiro atoms. The second-order valence-corrected chi connectivity index (χ2v) is 7.26. The van der Waals surface area contributed by atoms with E-state index in [0.29, 0.717) is 17.3 Å². The van der Waals surface area contributed by atoms with E-state index in [9.17, 15) is 14.7 Å². The van der Waals surface area contributed by atoms with Crippen LogP contribution >= 0.6 is 11.6 Å². The fourth-order valence-electron chi connectivity index (χ4n) is 3.40. The van der Waals surface area contributed by atoms with Crippen LogP contribution in [0.25, 0.3) is 5.69 Å². The molecule has 0 saturated carbocycles. The zero-order chi connectivity index (χ0) is 21.3. The molecule has 3 rings (SSSR count). The van der Waals surface area contributed by atoms with E-state index < -0.39 is 5.97 Å². The number of hydrogen-bond donors (Lipinski definition) is 2. The van der Waals surface area contributed by atoms with E-state index in [1.165, 1.54) is 19.1 Å². The van der Waals surface area contributed by atoms with Crippen LogP contribution in [0.5, 0.6) is 5.75 Å². The molecule has 3 aromatic rings. The molecule has 0 unspecified atom stereocenters. The van der Waals surface area contributed by atoms with Crippen molar-refractivity contribution in [2.24, 2.45) is 0 Å². The number of rotatable bonds is 5. The summed E-state index contributed by atoms with van der Waals surface area (Å²) in [6.45, 7) is 5.72. The number of carbonyl (C=O) groups excluding carboxylic acids is 1. The van der Waals surface area contributed by atoms with Gasteiger partial charge in [-0.25, -0.2) is 4.79 Å². The van der Waals surface area contributed by atoms with Gasteiger partial charge in [0.25, 0.3) is 0 Å². The lowest BCUT2D eigenvalue weighted by molar-refractivity contribution is -0.116. The van der Waals surface area contributed by atoms with Crippen molar-refractivity contribution >= 4 is 29.2 Å². The predicted molar refractivity (Wildman–Crippen MR) is 112 cm³/mol. The topological polar surface area (TPSA) is 82.8 Å². The molecule has 0 radical (unpaired) electrons. The minimum absolute atomic E-state index is 0.0967. The van der Waals surface area contributed by atoms with E-state index in [4.69, 9.17) is 16.7 Å². The molecule has 2 N–H and O–H groups in total. The first-order valence-corrected chi connectivity index (χ1v) is 9.35. The van der Waals surface area contributed by atoms with Crippen molar-refractivity contribution < 1.29 is 19.8 Å². The fourth-order valence-corrected chi connectivity index (χ4v) is 3.53. The lowest BCUT2D eigenvalue weighted by Gasteiger charge is -2.21. The van der Waals surface area contributed by atoms with E-state index in [1.807, 2.05) is 24.5 Å². The molecule has 0 aliphatic carbocycles. The predicted octanol–water partition coefficient (Wildman–Crippen LogP) is 4.70. The number of carbonyl (C=O) groups is 2. The lowest BCUT2D eigenvalue weighted by Crippen LogP contribution is -2.27. The standard InChI is InChI=1S/C22H21ClN2O4/c1-13-10-16(12-24(15(3)26)18-6-4-17(23)5-7-18)14(2)25(13)19-8-9-20(22(28)29)21(27)11-19/h4-11,27H,12H2,1-3H3,(H,28,29). The Morgan fingerprint density at radius 1 is 1.07 bits per heavy atom. The van der Waals surface area contributed by atoms with E-state index in [1.54, 1.807) is 35.2 Å². The van der Waals surface area contributed by atoms with Gasteiger partial charge in [0.1, 0.15) is 11.3 Å². The highest BCUT2D eigenvalue weighted by molar-refractivity contribution is 6.30. The van der Waals surface area contributed by atoms with Crippen LogP contribution in [0, 0.1) is 13.8 Å². The number of aromatic hydroxyl groups is 1. The number of carboxylic acid groups (broad SMARTS) is 1. The average Bonchev–Trinajstić information content (AvgIpc) is 2.93. The fraction of sp³-hybridized carbons (Fsp3) is 0.182. The molecule has 0 saturated heterocycles. The third-order valence-corrected chi connectivity index (χ3v) is 5.10. The Hall–Kier alpha value is -3.25. The number of aryl methyl sites for hydroxylation is 1. The summed E-state index contributed by atoms with van der Waals surface area (Å²) in [5.74, 6) is -1.58. The van der Waals surface area contributed by atoms with Crippen molar-refractivity contribution in [3.05, 3.63) is 76.1 Å². The van der Waals surface area contributed by atoms with Crippen LogP contribution < -0.4 is 4.90 Å². The smallest absolute Gasteiger partial charge is 0.339 e. The highest BCUT2D eigenvalue weighted by Crippen LogP contribution is 2.28. The molecule has 1 amide bonds. The summed E-state index contributed by atoms with van der Waals surface area (Å²) in [6.07, 6.45) is 0. The third-order valence-electron chi connectivity index (χ3n) is 4.85. The molecule has 0 atom stereocenters. The number of hydrogen-bond acceptors (Lipinski definition) is 3. The summed E-state index contributed by atoms with van der Waals surface area (Å²) in [7, 11) is 0. The summed E-state index contributed by atoms with van der Waals surface area (Å²) in [6, 6.07) is 13.5. The Kier molecular flexibility index (Phi) is 5.66. The van der Waals surface area contributed by atoms with Gasteiger partial charge in [-0.05, 0) is 61.9 Å². The Bertz CT molecular complexity index is 1090. The van der Waals surface area contributed by atoms with Gasteiger partial charge in [0.15, 0.2) is 0 Å². The molecule has 0 aliphatic rings. The van der Waals surface area contributed by atoms with Gasteiger partial charge in [-0.1, -0.05) is 11.6 Å². The van der Waals surface area contributed by atoms with Crippen molar-refractivity contribution in [2.75, 3.05) is 4.90 Å². The molecule has 0 bridgehead atoms. The van der Waals surface area contributed by atoms with Crippen LogP contribution in [0.2, 0.25) is 5.02 Å². The molecule has 6 nitrogen and oxygen atoms in total. The van der Waals surface area contributed by atoms with E-state index in [2.05, 4.69) is 0 Å². The number of nitrogens with zero attached hydrogens (tertiary/aromatic N) is 2. The molecule has 0 fully saturated rings. The number of anilines is 1. The SMILES string of the molecule is CC(=O)N(Cc1cc(C)n(-c2ccc(C(=O)O)c(O)c2)c1C)c1ccc(Cl)cc1. The van der Waals surface area contributed by atoms with Crippen molar-refractivity contribution in [1.82, 2.24) is 4.57 Å². The van der Waals surface area contributed by atoms with Gasteiger partial charge in [0, 0.05) is 40.8 Å². The second kappa shape index (κ2) is 8.01. The van der Waals surface area contributed by atoms with Crippen LogP contribution in [-0.2, 0) is 11.3 Å². The minimum atomic E-state index is -1.18. The number of aromatic nitrogens is 1. The van der Waals surface area contributed by atoms with Crippen LogP contribution in [0.15, 0.2) is 48.5 Å². The summed E-state index contributed by atoms with van der Waals surface area (Å²) in [5, 5.41) is 19.7. The summed E-state index contributed by atoms with van der Waals surface area (Å²) in [5.41, 5.74) is 3.98. The van der Waals surface area contributed by atoms with Crippen LogP contribution in [0.4, 0.5) is 5.69 Å². The molecule has 0 aliphatic heterocycles. The Balaban J connectivity index is 1.98. The van der Waals surface area contributed by atoms with Crippen molar-refractivity contribution in [3.8, 4) is 11.4 Å². The molecule has 2 aromatic carbocycles. The number of carboxylic acids is 1. The minimum Gasteiger partial charge on any atom is -0.507 e. The van der Waals surface area contributed by atoms with Crippen molar-refractivity contribution in [2.45, 2.75) is 27.3 Å². The quantitative estimate of drug-likeness (QED) is 0.636. The highest BCUT2D eigenvalue weighted by atomic mass is 35.5. The summed E-state index contributed by atoms with van der Waals surface area (Å²) >= 11 is 5.95. The molecule has 150 valence electrons. The normalized spacial score (nSPS) is 10.8. The average molecular weight is 413 g/mol. The van der Waals surface area contributed by atoms with E-state index >= 15 is 0 Å². The van der Waals surface area contributed by atoms with Gasteiger partial charge in [0.05, 0.1) is 6.54 Å². The van der Waals surface area contributed by atoms with Gasteiger partial charge in [-0.3, -0.25) is 4.79 Å². The molecule has 7 heteroatoms. The third kappa shape index (κ3) is 4.12. The zero-order valence-electron chi connectivity index (χ0n) is 16.3. The molecular formula is C22H21ClN2O4. The Labute approximate surface area is 173 Å². The maximum atomic E-state index is 12.3. The van der Waals surface area contributed by atoms with Crippen LogP contribution in [-0.4, -0.2) is 26.7 Å². The van der Waals surface area contributed by atoms with Gasteiger partial charge in [-0.15, -0.1) is 0 Å². The zero-order valence-corrected chi connectivity index (χ0v) is 17.1. The number of aromatic carboxylic acids is 1. The molecule has 1 heterocycles.